The second-order valence-electron chi connectivity index (χ2n) is 3.92. The molecule has 1 aromatic heterocycles. The Morgan fingerprint density at radius 1 is 1.24 bits per heavy atom. The molecule has 3 heteroatoms. The molecule has 1 aromatic carbocycles. The van der Waals surface area contributed by atoms with E-state index in [4.69, 9.17) is 10.5 Å². The van der Waals surface area contributed by atoms with Crippen LogP contribution in [0, 0.1) is 0 Å². The van der Waals surface area contributed by atoms with Crippen molar-refractivity contribution in [1.82, 2.24) is 0 Å². The maximum Gasteiger partial charge on any atom is 0.124 e. The first-order chi connectivity index (χ1) is 8.31. The monoisotopic (exact) mass is 247 g/mol. The first-order valence-corrected chi connectivity index (χ1v) is 6.69. The fourth-order valence-corrected chi connectivity index (χ4v) is 2.30. The summed E-state index contributed by atoms with van der Waals surface area (Å²) < 4.78 is 5.83. The lowest BCUT2D eigenvalue weighted by atomic mass is 10.0. The van der Waals surface area contributed by atoms with Crippen LogP contribution in [0.3, 0.4) is 0 Å². The molecule has 0 aliphatic heterocycles. The maximum absolute atomic E-state index is 6.07. The number of para-hydroxylation sites is 1. The Morgan fingerprint density at radius 2 is 2.06 bits per heavy atom. The zero-order valence-electron chi connectivity index (χ0n) is 9.93. The smallest absolute Gasteiger partial charge is 0.124 e. The van der Waals surface area contributed by atoms with Crippen molar-refractivity contribution in [2.24, 2.45) is 5.73 Å². The van der Waals surface area contributed by atoms with Crippen LogP contribution < -0.4 is 10.5 Å². The highest BCUT2D eigenvalue weighted by atomic mass is 32.1. The van der Waals surface area contributed by atoms with Crippen LogP contribution >= 0.6 is 11.3 Å². The average Bonchev–Trinajstić information content (AvgIpc) is 2.89. The minimum Gasteiger partial charge on any atom is -0.488 e. The second kappa shape index (κ2) is 5.84. The Morgan fingerprint density at radius 3 is 2.76 bits per heavy atom. The highest BCUT2D eigenvalue weighted by Crippen LogP contribution is 2.26. The molecule has 17 heavy (non-hydrogen) atoms. The Labute approximate surface area is 106 Å². The molecule has 0 spiro atoms. The number of hydrogen-bond donors (Lipinski definition) is 1. The van der Waals surface area contributed by atoms with Gasteiger partial charge in [-0.05, 0) is 23.9 Å². The van der Waals surface area contributed by atoms with Crippen LogP contribution in [0.5, 0.6) is 5.75 Å². The van der Waals surface area contributed by atoms with E-state index in [0.717, 1.165) is 17.7 Å². The fraction of sp³-hybridized carbons (Fsp3) is 0.286. The molecular formula is C14H17NOS. The number of ether oxygens (including phenoxy) is 1. The average molecular weight is 247 g/mol. The Bertz CT molecular complexity index is 453. The third kappa shape index (κ3) is 3.08. The van der Waals surface area contributed by atoms with E-state index in [2.05, 4.69) is 18.4 Å². The van der Waals surface area contributed by atoms with Gasteiger partial charge in [-0.2, -0.15) is 0 Å². The van der Waals surface area contributed by atoms with Crippen molar-refractivity contribution in [2.75, 3.05) is 0 Å². The number of benzene rings is 1. The molecule has 0 radical (unpaired) electrons. The van der Waals surface area contributed by atoms with Crippen molar-refractivity contribution in [1.29, 1.82) is 0 Å². The molecule has 0 aliphatic carbocycles. The standard InChI is InChI=1S/C14H17NOS/c1-2-13(15)12-7-3-4-8-14(12)16-10-11-6-5-9-17-11/h3-9,13H,2,10,15H2,1H3/t13-/m0/s1. The molecule has 0 unspecified atom stereocenters. The van der Waals surface area contributed by atoms with Gasteiger partial charge in [0.25, 0.3) is 0 Å². The van der Waals surface area contributed by atoms with Crippen molar-refractivity contribution >= 4 is 11.3 Å². The molecule has 0 saturated heterocycles. The predicted molar refractivity (Wildman–Crippen MR) is 72.3 cm³/mol. The van der Waals surface area contributed by atoms with E-state index in [-0.39, 0.29) is 6.04 Å². The van der Waals surface area contributed by atoms with E-state index >= 15 is 0 Å². The highest BCUT2D eigenvalue weighted by Gasteiger charge is 2.09. The molecular weight excluding hydrogens is 230 g/mol. The largest absolute Gasteiger partial charge is 0.488 e. The fourth-order valence-electron chi connectivity index (χ4n) is 1.68. The Balaban J connectivity index is 2.09. The second-order valence-corrected chi connectivity index (χ2v) is 4.95. The van der Waals surface area contributed by atoms with E-state index in [1.54, 1.807) is 11.3 Å². The van der Waals surface area contributed by atoms with Gasteiger partial charge in [-0.1, -0.05) is 31.2 Å². The van der Waals surface area contributed by atoms with Crippen LogP contribution in [0.4, 0.5) is 0 Å². The summed E-state index contributed by atoms with van der Waals surface area (Å²) in [6.45, 7) is 2.70. The van der Waals surface area contributed by atoms with Crippen LogP contribution in [-0.2, 0) is 6.61 Å². The van der Waals surface area contributed by atoms with Crippen molar-refractivity contribution in [2.45, 2.75) is 26.0 Å². The van der Waals surface area contributed by atoms with E-state index in [1.807, 2.05) is 30.3 Å². The van der Waals surface area contributed by atoms with Gasteiger partial charge >= 0.3 is 0 Å². The molecule has 1 heterocycles. The maximum atomic E-state index is 6.07. The molecule has 0 saturated carbocycles. The minimum atomic E-state index is 0.0505. The molecule has 1 atom stereocenters. The molecule has 0 amide bonds. The van der Waals surface area contributed by atoms with E-state index in [1.165, 1.54) is 4.88 Å². The van der Waals surface area contributed by atoms with Gasteiger partial charge in [-0.25, -0.2) is 0 Å². The summed E-state index contributed by atoms with van der Waals surface area (Å²) in [4.78, 5) is 1.23. The van der Waals surface area contributed by atoms with Gasteiger partial charge in [-0.15, -0.1) is 11.3 Å². The molecule has 0 bridgehead atoms. The number of hydrogen-bond acceptors (Lipinski definition) is 3. The van der Waals surface area contributed by atoms with Gasteiger partial charge in [-0.3, -0.25) is 0 Å². The van der Waals surface area contributed by atoms with Gasteiger partial charge < -0.3 is 10.5 Å². The zero-order valence-corrected chi connectivity index (χ0v) is 10.7. The highest BCUT2D eigenvalue weighted by molar-refractivity contribution is 7.09. The number of rotatable bonds is 5. The van der Waals surface area contributed by atoms with E-state index < -0.39 is 0 Å². The summed E-state index contributed by atoms with van der Waals surface area (Å²) in [6.07, 6.45) is 0.916. The van der Waals surface area contributed by atoms with Gasteiger partial charge in [0.1, 0.15) is 12.4 Å². The molecule has 2 nitrogen and oxygen atoms in total. The van der Waals surface area contributed by atoms with Crippen LogP contribution in [0.25, 0.3) is 0 Å². The summed E-state index contributed by atoms with van der Waals surface area (Å²) in [5, 5.41) is 2.06. The van der Waals surface area contributed by atoms with E-state index in [9.17, 15) is 0 Å². The SMILES string of the molecule is CC[C@H](N)c1ccccc1OCc1cccs1. The van der Waals surface area contributed by atoms with Gasteiger partial charge in [0.05, 0.1) is 0 Å². The van der Waals surface area contributed by atoms with E-state index in [0.29, 0.717) is 6.61 Å². The molecule has 2 aromatic rings. The summed E-state index contributed by atoms with van der Waals surface area (Å²) in [7, 11) is 0. The first kappa shape index (κ1) is 12.1. The third-order valence-corrected chi connectivity index (χ3v) is 3.56. The Hall–Kier alpha value is -1.32. The summed E-state index contributed by atoms with van der Waals surface area (Å²) >= 11 is 1.71. The summed E-state index contributed by atoms with van der Waals surface area (Å²) in [6, 6.07) is 12.2. The first-order valence-electron chi connectivity index (χ1n) is 5.81. The van der Waals surface area contributed by atoms with Crippen LogP contribution in [0.2, 0.25) is 0 Å². The van der Waals surface area contributed by atoms with Gasteiger partial charge in [0.2, 0.25) is 0 Å². The lowest BCUT2D eigenvalue weighted by Gasteiger charge is -2.15. The molecule has 2 rings (SSSR count). The Kier molecular flexibility index (Phi) is 4.18. The normalized spacial score (nSPS) is 12.4. The van der Waals surface area contributed by atoms with Gasteiger partial charge in [0.15, 0.2) is 0 Å². The number of nitrogens with two attached hydrogens (primary N) is 1. The van der Waals surface area contributed by atoms with Crippen LogP contribution in [0.1, 0.15) is 29.8 Å². The minimum absolute atomic E-state index is 0.0505. The molecule has 0 fully saturated rings. The van der Waals surface area contributed by atoms with Crippen molar-refractivity contribution in [3.8, 4) is 5.75 Å². The van der Waals surface area contributed by atoms with Crippen molar-refractivity contribution < 1.29 is 4.74 Å². The lowest BCUT2D eigenvalue weighted by molar-refractivity contribution is 0.304. The summed E-state index contributed by atoms with van der Waals surface area (Å²) in [5.41, 5.74) is 7.16. The van der Waals surface area contributed by atoms with Crippen LogP contribution in [-0.4, -0.2) is 0 Å². The third-order valence-electron chi connectivity index (χ3n) is 2.71. The predicted octanol–water partition coefficient (Wildman–Crippen LogP) is 3.74. The molecule has 2 N–H and O–H groups in total. The van der Waals surface area contributed by atoms with Gasteiger partial charge in [0, 0.05) is 16.5 Å². The van der Waals surface area contributed by atoms with Crippen LogP contribution in [0.15, 0.2) is 41.8 Å². The zero-order chi connectivity index (χ0) is 12.1. The molecule has 90 valence electrons. The lowest BCUT2D eigenvalue weighted by Crippen LogP contribution is -2.10. The quantitative estimate of drug-likeness (QED) is 0.873. The van der Waals surface area contributed by atoms with Crippen molar-refractivity contribution in [3.63, 3.8) is 0 Å². The molecule has 0 aliphatic rings. The topological polar surface area (TPSA) is 35.2 Å². The van der Waals surface area contributed by atoms with Crippen molar-refractivity contribution in [3.05, 3.63) is 52.2 Å². The number of thiophene rings is 1. The summed E-state index contributed by atoms with van der Waals surface area (Å²) in [5.74, 6) is 0.898.